The fraction of sp³-hybridized carbons (Fsp3) is 0.346. The van der Waals surface area contributed by atoms with E-state index in [4.69, 9.17) is 19.7 Å². The van der Waals surface area contributed by atoms with Gasteiger partial charge in [0.05, 0.1) is 18.0 Å². The number of carbonyl (C=O) groups excluding carboxylic acids is 1. The molecule has 1 N–H and O–H groups in total. The Morgan fingerprint density at radius 2 is 2.00 bits per heavy atom. The SMILES string of the molecule is CCCCc1nc(SC)c(OC(=O)OCC)n1Cc1cccc(-c2cc(S(=O)(=O)NC#N)ccc2C)c1. The average molecular weight is 543 g/mol. The summed E-state index contributed by atoms with van der Waals surface area (Å²) in [5, 5.41) is 9.40. The molecule has 3 rings (SSSR count). The predicted octanol–water partition coefficient (Wildman–Crippen LogP) is 5.27. The molecule has 0 aliphatic heterocycles. The van der Waals surface area contributed by atoms with Crippen LogP contribution in [0.15, 0.2) is 52.4 Å². The van der Waals surface area contributed by atoms with Gasteiger partial charge in [0.25, 0.3) is 10.0 Å². The number of imidazole rings is 1. The van der Waals surface area contributed by atoms with Gasteiger partial charge < -0.3 is 9.47 Å². The number of thioether (sulfide) groups is 1. The number of nitrogens with one attached hydrogen (secondary N) is 1. The van der Waals surface area contributed by atoms with Crippen molar-refractivity contribution in [2.45, 2.75) is 56.5 Å². The Hall–Kier alpha value is -3.49. The Morgan fingerprint density at radius 1 is 1.22 bits per heavy atom. The van der Waals surface area contributed by atoms with Gasteiger partial charge in [0.15, 0.2) is 11.2 Å². The first kappa shape index (κ1) is 28.1. The van der Waals surface area contributed by atoms with E-state index in [0.717, 1.165) is 47.3 Å². The summed E-state index contributed by atoms with van der Waals surface area (Å²) in [6.07, 6.45) is 5.21. The number of nitriles is 1. The van der Waals surface area contributed by atoms with Crippen molar-refractivity contribution in [2.75, 3.05) is 12.9 Å². The van der Waals surface area contributed by atoms with E-state index in [-0.39, 0.29) is 11.5 Å². The number of nitrogens with zero attached hydrogens (tertiary/aromatic N) is 3. The molecule has 0 saturated heterocycles. The molecule has 37 heavy (non-hydrogen) atoms. The lowest BCUT2D eigenvalue weighted by Crippen LogP contribution is -2.18. The first-order valence-corrected chi connectivity index (χ1v) is 14.5. The van der Waals surface area contributed by atoms with Crippen molar-refractivity contribution >= 4 is 27.9 Å². The van der Waals surface area contributed by atoms with Gasteiger partial charge in [-0.1, -0.05) is 37.6 Å². The van der Waals surface area contributed by atoms with Crippen molar-refractivity contribution in [3.8, 4) is 23.2 Å². The summed E-state index contributed by atoms with van der Waals surface area (Å²) in [7, 11) is -3.94. The van der Waals surface area contributed by atoms with Crippen LogP contribution < -0.4 is 9.46 Å². The number of hydrogen-bond donors (Lipinski definition) is 1. The van der Waals surface area contributed by atoms with Gasteiger partial charge in [0, 0.05) is 6.42 Å². The monoisotopic (exact) mass is 542 g/mol. The van der Waals surface area contributed by atoms with Crippen molar-refractivity contribution in [1.82, 2.24) is 14.3 Å². The quantitative estimate of drug-likeness (QED) is 0.151. The number of rotatable bonds is 11. The highest BCUT2D eigenvalue weighted by Gasteiger charge is 2.22. The molecule has 0 spiro atoms. The van der Waals surface area contributed by atoms with Gasteiger partial charge in [-0.3, -0.25) is 4.57 Å². The molecule has 0 amide bonds. The van der Waals surface area contributed by atoms with Crippen molar-refractivity contribution in [3.05, 3.63) is 59.4 Å². The highest BCUT2D eigenvalue weighted by Crippen LogP contribution is 2.32. The zero-order valence-corrected chi connectivity index (χ0v) is 22.9. The molecule has 1 heterocycles. The van der Waals surface area contributed by atoms with Crippen LogP contribution in [0, 0.1) is 18.4 Å². The molecule has 0 unspecified atom stereocenters. The van der Waals surface area contributed by atoms with Crippen LogP contribution in [0.5, 0.6) is 5.88 Å². The maximum Gasteiger partial charge on any atom is 0.515 e. The second kappa shape index (κ2) is 12.7. The fourth-order valence-electron chi connectivity index (χ4n) is 3.82. The maximum atomic E-state index is 12.4. The molecule has 0 aliphatic rings. The standard InChI is InChI=1S/C26H30N4O5S2/c1-5-7-11-23-29-24(36-4)25(35-26(31)34-6-2)30(23)16-19-9-8-10-20(14-19)22-15-21(13-12-18(22)3)37(32,33)28-17-27/h8-10,12-15,28H,5-7,11,16H2,1-4H3. The number of ether oxygens (including phenoxy) is 2. The Bertz CT molecular complexity index is 1410. The lowest BCUT2D eigenvalue weighted by Gasteiger charge is -2.14. The summed E-state index contributed by atoms with van der Waals surface area (Å²) >= 11 is 1.39. The van der Waals surface area contributed by atoms with Crippen LogP contribution in [0.4, 0.5) is 4.79 Å². The Kier molecular flexibility index (Phi) is 9.60. The van der Waals surface area contributed by atoms with Gasteiger partial charge in [0.1, 0.15) is 5.82 Å². The van der Waals surface area contributed by atoms with Crippen molar-refractivity contribution in [2.24, 2.45) is 0 Å². The van der Waals surface area contributed by atoms with Crippen molar-refractivity contribution in [1.29, 1.82) is 5.26 Å². The second-order valence-electron chi connectivity index (χ2n) is 8.21. The molecule has 11 heteroatoms. The molecule has 0 fully saturated rings. The van der Waals surface area contributed by atoms with Crippen molar-refractivity contribution < 1.29 is 22.7 Å². The molecule has 0 atom stereocenters. The summed E-state index contributed by atoms with van der Waals surface area (Å²) in [6.45, 7) is 6.30. The predicted molar refractivity (Wildman–Crippen MR) is 142 cm³/mol. The van der Waals surface area contributed by atoms with Crippen LogP contribution >= 0.6 is 11.8 Å². The van der Waals surface area contributed by atoms with Gasteiger partial charge in [-0.25, -0.2) is 22.9 Å². The number of benzene rings is 2. The third-order valence-corrected chi connectivity index (χ3v) is 7.52. The first-order chi connectivity index (χ1) is 17.7. The van der Waals surface area contributed by atoms with E-state index in [1.807, 2.05) is 46.7 Å². The van der Waals surface area contributed by atoms with Crippen LogP contribution in [0.3, 0.4) is 0 Å². The molecule has 196 valence electrons. The fourth-order valence-corrected chi connectivity index (χ4v) is 5.10. The second-order valence-corrected chi connectivity index (χ2v) is 10.7. The number of aromatic nitrogens is 2. The van der Waals surface area contributed by atoms with Crippen LogP contribution in [0.25, 0.3) is 11.1 Å². The number of carbonyl (C=O) groups is 1. The number of sulfonamides is 1. The summed E-state index contributed by atoms with van der Waals surface area (Å²) < 4.78 is 39.0. The van der Waals surface area contributed by atoms with E-state index in [1.54, 1.807) is 19.1 Å². The normalized spacial score (nSPS) is 11.1. The summed E-state index contributed by atoms with van der Waals surface area (Å²) in [5.41, 5.74) is 3.34. The largest absolute Gasteiger partial charge is 0.515 e. The molecule has 0 radical (unpaired) electrons. The first-order valence-electron chi connectivity index (χ1n) is 11.8. The number of unbranched alkanes of at least 4 members (excludes halogenated alkanes) is 1. The van der Waals surface area contributed by atoms with E-state index < -0.39 is 16.2 Å². The molecule has 2 aromatic carbocycles. The minimum Gasteiger partial charge on any atom is -0.434 e. The van der Waals surface area contributed by atoms with Gasteiger partial charge in [-0.05, 0) is 67.0 Å². The number of hydrogen-bond acceptors (Lipinski definition) is 8. The maximum absolute atomic E-state index is 12.4. The summed E-state index contributed by atoms with van der Waals surface area (Å²) in [6, 6.07) is 12.4. The van der Waals surface area contributed by atoms with Gasteiger partial charge in [-0.15, -0.1) is 11.8 Å². The van der Waals surface area contributed by atoms with E-state index in [9.17, 15) is 13.2 Å². The Balaban J connectivity index is 2.04. The van der Waals surface area contributed by atoms with Crippen LogP contribution in [-0.4, -0.2) is 37.0 Å². The lowest BCUT2D eigenvalue weighted by atomic mass is 9.99. The molecule has 9 nitrogen and oxygen atoms in total. The molecule has 0 aliphatic carbocycles. The van der Waals surface area contributed by atoms with E-state index in [0.29, 0.717) is 17.5 Å². The highest BCUT2D eigenvalue weighted by atomic mass is 32.2. The average Bonchev–Trinajstić information content (AvgIpc) is 3.18. The zero-order valence-electron chi connectivity index (χ0n) is 21.3. The van der Waals surface area contributed by atoms with Crippen LogP contribution in [-0.2, 0) is 27.7 Å². The van der Waals surface area contributed by atoms with E-state index >= 15 is 0 Å². The molecule has 1 aromatic heterocycles. The van der Waals surface area contributed by atoms with Gasteiger partial charge in [-0.2, -0.15) is 5.26 Å². The third-order valence-electron chi connectivity index (χ3n) is 5.64. The van der Waals surface area contributed by atoms with E-state index in [1.165, 1.54) is 24.0 Å². The number of aryl methyl sites for hydroxylation is 2. The third kappa shape index (κ3) is 6.84. The Morgan fingerprint density at radius 3 is 2.68 bits per heavy atom. The zero-order chi connectivity index (χ0) is 27.0. The molecular weight excluding hydrogens is 512 g/mol. The van der Waals surface area contributed by atoms with Crippen molar-refractivity contribution in [3.63, 3.8) is 0 Å². The minimum atomic E-state index is -3.94. The lowest BCUT2D eigenvalue weighted by molar-refractivity contribution is 0.0998. The van der Waals surface area contributed by atoms with Gasteiger partial charge >= 0.3 is 6.16 Å². The van der Waals surface area contributed by atoms with Crippen LogP contribution in [0.1, 0.15) is 43.6 Å². The molecular formula is C26H30N4O5S2. The highest BCUT2D eigenvalue weighted by molar-refractivity contribution is 7.98. The Labute approximate surface area is 221 Å². The van der Waals surface area contributed by atoms with E-state index in [2.05, 4.69) is 6.92 Å². The summed E-state index contributed by atoms with van der Waals surface area (Å²) in [4.78, 5) is 16.9. The van der Waals surface area contributed by atoms with Gasteiger partial charge in [0.2, 0.25) is 5.88 Å². The smallest absolute Gasteiger partial charge is 0.434 e. The molecule has 0 saturated carbocycles. The summed E-state index contributed by atoms with van der Waals surface area (Å²) in [5.74, 6) is 1.15. The topological polar surface area (TPSA) is 123 Å². The minimum absolute atomic E-state index is 0.00579. The van der Waals surface area contributed by atoms with Crippen LogP contribution in [0.2, 0.25) is 0 Å². The molecule has 0 bridgehead atoms. The molecule has 3 aromatic rings.